The average Bonchev–Trinajstić information content (AvgIpc) is 2.88. The van der Waals surface area contributed by atoms with Gasteiger partial charge in [0, 0.05) is 19.3 Å². The van der Waals surface area contributed by atoms with Crippen LogP contribution >= 0.6 is 0 Å². The summed E-state index contributed by atoms with van der Waals surface area (Å²) in [6.45, 7) is 0.932. The van der Waals surface area contributed by atoms with Crippen molar-refractivity contribution in [2.24, 2.45) is 7.05 Å². The zero-order valence-electron chi connectivity index (χ0n) is 11.3. The molecule has 1 amide bonds. The van der Waals surface area contributed by atoms with E-state index in [0.29, 0.717) is 30.2 Å². The number of rotatable bonds is 3. The molecule has 106 valence electrons. The molecule has 2 aromatic rings. The maximum absolute atomic E-state index is 12.0. The first-order valence-electron chi connectivity index (χ1n) is 6.34. The molecule has 0 bridgehead atoms. The molecule has 3 rings (SSSR count). The van der Waals surface area contributed by atoms with Gasteiger partial charge in [-0.1, -0.05) is 5.21 Å². The van der Waals surface area contributed by atoms with Crippen molar-refractivity contribution in [3.63, 3.8) is 0 Å². The lowest BCUT2D eigenvalue weighted by molar-refractivity contribution is 0.0155. The molecule has 1 aliphatic heterocycles. The standard InChI is InChI=1S/C13H12N6O2/c1-18-8-11(16-17-18)13(20)19-6-10(7-19)21-12-4-9(5-14)2-3-15-12/h2-4,8,10H,6-7H2,1H3. The van der Waals surface area contributed by atoms with Gasteiger partial charge in [-0.05, 0) is 6.07 Å². The normalized spacial score (nSPS) is 14.4. The van der Waals surface area contributed by atoms with Crippen molar-refractivity contribution in [2.45, 2.75) is 6.10 Å². The van der Waals surface area contributed by atoms with E-state index in [0.717, 1.165) is 0 Å². The minimum Gasteiger partial charge on any atom is -0.471 e. The van der Waals surface area contributed by atoms with Crippen LogP contribution in [0.25, 0.3) is 0 Å². The molecule has 21 heavy (non-hydrogen) atoms. The number of likely N-dealkylation sites (tertiary alicyclic amines) is 1. The summed E-state index contributed by atoms with van der Waals surface area (Å²) in [6, 6.07) is 5.21. The maximum Gasteiger partial charge on any atom is 0.276 e. The molecule has 1 saturated heterocycles. The van der Waals surface area contributed by atoms with Gasteiger partial charge >= 0.3 is 0 Å². The number of hydrogen-bond donors (Lipinski definition) is 0. The summed E-state index contributed by atoms with van der Waals surface area (Å²) in [5, 5.41) is 16.3. The zero-order valence-corrected chi connectivity index (χ0v) is 11.3. The quantitative estimate of drug-likeness (QED) is 0.786. The van der Waals surface area contributed by atoms with E-state index in [1.165, 1.54) is 10.9 Å². The van der Waals surface area contributed by atoms with E-state index >= 15 is 0 Å². The predicted octanol–water partition coefficient (Wildman–Crippen LogP) is -0.0148. The van der Waals surface area contributed by atoms with Crippen LogP contribution in [0.1, 0.15) is 16.1 Å². The summed E-state index contributed by atoms with van der Waals surface area (Å²) in [5.74, 6) is 0.229. The Bertz CT molecular complexity index is 713. The lowest BCUT2D eigenvalue weighted by Crippen LogP contribution is -2.56. The summed E-state index contributed by atoms with van der Waals surface area (Å²) < 4.78 is 7.10. The molecule has 8 heteroatoms. The van der Waals surface area contributed by atoms with Crippen LogP contribution in [0.2, 0.25) is 0 Å². The first-order valence-corrected chi connectivity index (χ1v) is 6.34. The third-order valence-electron chi connectivity index (χ3n) is 3.11. The van der Waals surface area contributed by atoms with Gasteiger partial charge in [0.1, 0.15) is 6.10 Å². The minimum absolute atomic E-state index is 0.118. The molecule has 0 unspecified atom stereocenters. The van der Waals surface area contributed by atoms with Crippen molar-refractivity contribution in [1.29, 1.82) is 5.26 Å². The van der Waals surface area contributed by atoms with Crippen molar-refractivity contribution >= 4 is 5.91 Å². The number of carbonyl (C=O) groups excluding carboxylic acids is 1. The van der Waals surface area contributed by atoms with Crippen molar-refractivity contribution in [2.75, 3.05) is 13.1 Å². The fourth-order valence-electron chi connectivity index (χ4n) is 2.00. The Balaban J connectivity index is 1.56. The van der Waals surface area contributed by atoms with Crippen molar-refractivity contribution < 1.29 is 9.53 Å². The second-order valence-corrected chi connectivity index (χ2v) is 4.72. The molecule has 0 radical (unpaired) electrons. The van der Waals surface area contributed by atoms with Crippen molar-refractivity contribution in [3.8, 4) is 11.9 Å². The van der Waals surface area contributed by atoms with E-state index in [2.05, 4.69) is 15.3 Å². The van der Waals surface area contributed by atoms with Crippen LogP contribution in [0.5, 0.6) is 5.88 Å². The number of carbonyl (C=O) groups is 1. The number of aryl methyl sites for hydroxylation is 1. The summed E-state index contributed by atoms with van der Waals surface area (Å²) in [5.41, 5.74) is 0.812. The number of aromatic nitrogens is 4. The Morgan fingerprint density at radius 2 is 2.33 bits per heavy atom. The summed E-state index contributed by atoms with van der Waals surface area (Å²) >= 11 is 0. The molecule has 1 fully saturated rings. The lowest BCUT2D eigenvalue weighted by Gasteiger charge is -2.38. The van der Waals surface area contributed by atoms with Crippen LogP contribution in [0.4, 0.5) is 0 Å². The van der Waals surface area contributed by atoms with Gasteiger partial charge < -0.3 is 9.64 Å². The van der Waals surface area contributed by atoms with Crippen molar-refractivity contribution in [3.05, 3.63) is 35.8 Å². The maximum atomic E-state index is 12.0. The van der Waals surface area contributed by atoms with Gasteiger partial charge in [-0.2, -0.15) is 5.26 Å². The molecule has 0 aliphatic carbocycles. The van der Waals surface area contributed by atoms with Gasteiger partial charge in [0.25, 0.3) is 5.91 Å². The summed E-state index contributed by atoms with van der Waals surface area (Å²) in [4.78, 5) is 17.7. The second kappa shape index (κ2) is 5.20. The molecular formula is C13H12N6O2. The van der Waals surface area contributed by atoms with E-state index in [-0.39, 0.29) is 12.0 Å². The van der Waals surface area contributed by atoms with Gasteiger partial charge in [-0.25, -0.2) is 4.98 Å². The molecule has 0 spiro atoms. The Kier molecular flexibility index (Phi) is 3.23. The highest BCUT2D eigenvalue weighted by Crippen LogP contribution is 2.18. The molecule has 0 atom stereocenters. The molecule has 0 aromatic carbocycles. The fourth-order valence-corrected chi connectivity index (χ4v) is 2.00. The van der Waals surface area contributed by atoms with Crippen LogP contribution < -0.4 is 4.74 Å². The smallest absolute Gasteiger partial charge is 0.276 e. The van der Waals surface area contributed by atoms with Gasteiger partial charge in [0.2, 0.25) is 5.88 Å². The number of pyridine rings is 1. The molecule has 3 heterocycles. The van der Waals surface area contributed by atoms with Crippen LogP contribution in [-0.2, 0) is 7.05 Å². The highest BCUT2D eigenvalue weighted by Gasteiger charge is 2.34. The van der Waals surface area contributed by atoms with E-state index < -0.39 is 0 Å². The van der Waals surface area contributed by atoms with E-state index in [9.17, 15) is 4.79 Å². The number of nitriles is 1. The fraction of sp³-hybridized carbons (Fsp3) is 0.308. The van der Waals surface area contributed by atoms with E-state index in [4.69, 9.17) is 10.00 Å². The first kappa shape index (κ1) is 13.1. The molecule has 0 N–H and O–H groups in total. The van der Waals surface area contributed by atoms with Crippen molar-refractivity contribution in [1.82, 2.24) is 24.9 Å². The zero-order chi connectivity index (χ0) is 14.8. The van der Waals surface area contributed by atoms with Crippen LogP contribution in [-0.4, -0.2) is 50.0 Å². The van der Waals surface area contributed by atoms with Gasteiger partial charge in [-0.3, -0.25) is 9.48 Å². The van der Waals surface area contributed by atoms with Gasteiger partial charge in [-0.15, -0.1) is 5.10 Å². The van der Waals surface area contributed by atoms with Crippen LogP contribution in [0.15, 0.2) is 24.5 Å². The summed E-state index contributed by atoms with van der Waals surface area (Å²) in [7, 11) is 1.71. The SMILES string of the molecule is Cn1cc(C(=O)N2CC(Oc3cc(C#N)ccn3)C2)nn1. The lowest BCUT2D eigenvalue weighted by atomic mass is 10.1. The molecule has 1 aliphatic rings. The third-order valence-corrected chi connectivity index (χ3v) is 3.11. The van der Waals surface area contributed by atoms with Gasteiger partial charge in [0.15, 0.2) is 5.69 Å². The first-order chi connectivity index (χ1) is 10.2. The Morgan fingerprint density at radius 3 is 3.00 bits per heavy atom. The van der Waals surface area contributed by atoms with Crippen LogP contribution in [0, 0.1) is 11.3 Å². The Hall–Kier alpha value is -2.95. The van der Waals surface area contributed by atoms with E-state index in [1.807, 2.05) is 6.07 Å². The summed E-state index contributed by atoms with van der Waals surface area (Å²) in [6.07, 6.45) is 2.98. The van der Waals surface area contributed by atoms with Crippen LogP contribution in [0.3, 0.4) is 0 Å². The Labute approximate surface area is 120 Å². The molecule has 8 nitrogen and oxygen atoms in total. The Morgan fingerprint density at radius 1 is 1.52 bits per heavy atom. The van der Waals surface area contributed by atoms with E-state index in [1.54, 1.807) is 30.3 Å². The minimum atomic E-state index is -0.165. The molecular weight excluding hydrogens is 272 g/mol. The number of nitrogens with zero attached hydrogens (tertiary/aromatic N) is 6. The largest absolute Gasteiger partial charge is 0.471 e. The highest BCUT2D eigenvalue weighted by molar-refractivity contribution is 5.92. The highest BCUT2D eigenvalue weighted by atomic mass is 16.5. The van der Waals surface area contributed by atoms with Gasteiger partial charge in [0.05, 0.1) is 30.9 Å². The predicted molar refractivity (Wildman–Crippen MR) is 70.3 cm³/mol. The monoisotopic (exact) mass is 284 g/mol. The topological polar surface area (TPSA) is 96.9 Å². The number of ether oxygens (including phenoxy) is 1. The number of amides is 1. The second-order valence-electron chi connectivity index (χ2n) is 4.72. The number of hydrogen-bond acceptors (Lipinski definition) is 6. The molecule has 0 saturated carbocycles. The molecule has 2 aromatic heterocycles. The third kappa shape index (κ3) is 2.67. The average molecular weight is 284 g/mol.